The molecule has 0 saturated heterocycles. The van der Waals surface area contributed by atoms with E-state index in [1.54, 1.807) is 49.4 Å². The highest BCUT2D eigenvalue weighted by Gasteiger charge is 2.30. The van der Waals surface area contributed by atoms with E-state index in [-0.39, 0.29) is 12.5 Å². The molecule has 7 nitrogen and oxygen atoms in total. The molecular formula is C23H28BrCl2N3O4S. The first-order valence-electron chi connectivity index (χ1n) is 10.7. The standard InChI is InChI=1S/C23H28BrCl2N3O4S/c1-4-5-11-27-23(31)16(2)28(14-17-9-10-19(25)13-21(17)26)22(30)15-29(34(3,32)33)20-8-6-7-18(24)12-20/h6-10,12-13,16H,4-5,11,14-15H2,1-3H3,(H,27,31). The van der Waals surface area contributed by atoms with Gasteiger partial charge in [-0.05, 0) is 49.2 Å². The summed E-state index contributed by atoms with van der Waals surface area (Å²) >= 11 is 15.6. The molecule has 0 aliphatic carbocycles. The van der Waals surface area contributed by atoms with Crippen LogP contribution in [0.15, 0.2) is 46.9 Å². The summed E-state index contributed by atoms with van der Waals surface area (Å²) in [6.07, 6.45) is 2.75. The summed E-state index contributed by atoms with van der Waals surface area (Å²) in [7, 11) is -3.79. The maximum Gasteiger partial charge on any atom is 0.244 e. The molecule has 1 unspecified atom stereocenters. The van der Waals surface area contributed by atoms with Crippen LogP contribution in [0.2, 0.25) is 10.0 Å². The molecule has 34 heavy (non-hydrogen) atoms. The van der Waals surface area contributed by atoms with Crippen LogP contribution in [0.1, 0.15) is 32.3 Å². The third-order valence-corrected chi connectivity index (χ3v) is 7.35. The maximum atomic E-state index is 13.5. The SMILES string of the molecule is CCCCNC(=O)C(C)N(Cc1ccc(Cl)cc1Cl)C(=O)CN(c1cccc(Br)c1)S(C)(=O)=O. The molecule has 0 aliphatic heterocycles. The minimum atomic E-state index is -3.79. The molecule has 0 aromatic heterocycles. The van der Waals surface area contributed by atoms with Crippen LogP contribution < -0.4 is 9.62 Å². The van der Waals surface area contributed by atoms with E-state index < -0.39 is 28.5 Å². The number of nitrogens with zero attached hydrogens (tertiary/aromatic N) is 2. The Kier molecular flexibility index (Phi) is 10.7. The minimum absolute atomic E-state index is 0.00723. The van der Waals surface area contributed by atoms with Crippen LogP contribution in [-0.4, -0.2) is 50.5 Å². The van der Waals surface area contributed by atoms with Crippen LogP contribution in [0, 0.1) is 0 Å². The second kappa shape index (κ2) is 12.8. The topological polar surface area (TPSA) is 86.8 Å². The molecule has 0 fully saturated rings. The second-order valence-electron chi connectivity index (χ2n) is 7.83. The molecule has 0 radical (unpaired) electrons. The number of halogens is 3. The Labute approximate surface area is 219 Å². The Morgan fingerprint density at radius 3 is 2.44 bits per heavy atom. The number of hydrogen-bond donors (Lipinski definition) is 1. The van der Waals surface area contributed by atoms with E-state index in [9.17, 15) is 18.0 Å². The normalized spacial score (nSPS) is 12.2. The highest BCUT2D eigenvalue weighted by atomic mass is 79.9. The largest absolute Gasteiger partial charge is 0.354 e. The van der Waals surface area contributed by atoms with E-state index in [4.69, 9.17) is 23.2 Å². The summed E-state index contributed by atoms with van der Waals surface area (Å²) in [5.41, 5.74) is 0.913. The number of benzene rings is 2. The zero-order valence-electron chi connectivity index (χ0n) is 19.2. The highest BCUT2D eigenvalue weighted by Crippen LogP contribution is 2.25. The van der Waals surface area contributed by atoms with E-state index in [0.29, 0.717) is 32.3 Å². The van der Waals surface area contributed by atoms with Crippen molar-refractivity contribution in [3.05, 3.63) is 62.5 Å². The van der Waals surface area contributed by atoms with Crippen molar-refractivity contribution in [1.82, 2.24) is 10.2 Å². The lowest BCUT2D eigenvalue weighted by Gasteiger charge is -2.31. The van der Waals surface area contributed by atoms with E-state index >= 15 is 0 Å². The molecule has 2 aromatic carbocycles. The molecule has 11 heteroatoms. The van der Waals surface area contributed by atoms with E-state index in [0.717, 1.165) is 23.4 Å². The van der Waals surface area contributed by atoms with Gasteiger partial charge in [-0.3, -0.25) is 13.9 Å². The van der Waals surface area contributed by atoms with Crippen molar-refractivity contribution in [2.24, 2.45) is 0 Å². The summed E-state index contributed by atoms with van der Waals surface area (Å²) in [4.78, 5) is 27.6. The number of amides is 2. The van der Waals surface area contributed by atoms with Crippen molar-refractivity contribution in [2.75, 3.05) is 23.7 Å². The van der Waals surface area contributed by atoms with Gasteiger partial charge >= 0.3 is 0 Å². The summed E-state index contributed by atoms with van der Waals surface area (Å²) < 4.78 is 26.8. The quantitative estimate of drug-likeness (QED) is 0.378. The molecule has 1 atom stereocenters. The molecule has 0 heterocycles. The van der Waals surface area contributed by atoms with Crippen LogP contribution >= 0.6 is 39.1 Å². The third-order valence-electron chi connectivity index (χ3n) is 5.13. The molecule has 186 valence electrons. The van der Waals surface area contributed by atoms with Crippen molar-refractivity contribution in [2.45, 2.75) is 39.3 Å². The minimum Gasteiger partial charge on any atom is -0.354 e. The van der Waals surface area contributed by atoms with Gasteiger partial charge < -0.3 is 10.2 Å². The summed E-state index contributed by atoms with van der Waals surface area (Å²) in [6, 6.07) is 10.6. The molecule has 0 saturated carbocycles. The maximum absolute atomic E-state index is 13.5. The smallest absolute Gasteiger partial charge is 0.244 e. The predicted molar refractivity (Wildman–Crippen MR) is 141 cm³/mol. The Bertz CT molecular complexity index is 1130. The molecule has 2 rings (SSSR count). The van der Waals surface area contributed by atoms with Crippen LogP contribution in [0.3, 0.4) is 0 Å². The zero-order chi connectivity index (χ0) is 25.5. The Balaban J connectivity index is 2.38. The molecular weight excluding hydrogens is 565 g/mol. The van der Waals surface area contributed by atoms with Crippen LogP contribution in [-0.2, 0) is 26.2 Å². The first-order valence-corrected chi connectivity index (χ1v) is 14.1. The van der Waals surface area contributed by atoms with Gasteiger partial charge in [-0.25, -0.2) is 8.42 Å². The van der Waals surface area contributed by atoms with Gasteiger partial charge in [-0.15, -0.1) is 0 Å². The van der Waals surface area contributed by atoms with Crippen molar-refractivity contribution in [3.8, 4) is 0 Å². The van der Waals surface area contributed by atoms with Gasteiger partial charge in [0.05, 0.1) is 11.9 Å². The highest BCUT2D eigenvalue weighted by molar-refractivity contribution is 9.10. The number of rotatable bonds is 11. The number of carbonyl (C=O) groups is 2. The molecule has 2 aromatic rings. The number of sulfonamides is 1. The lowest BCUT2D eigenvalue weighted by molar-refractivity contribution is -0.139. The average molecular weight is 593 g/mol. The van der Waals surface area contributed by atoms with Crippen LogP contribution in [0.5, 0.6) is 0 Å². The van der Waals surface area contributed by atoms with Gasteiger partial charge in [-0.1, -0.05) is 64.6 Å². The number of anilines is 1. The van der Waals surface area contributed by atoms with Crippen LogP contribution in [0.4, 0.5) is 5.69 Å². The molecule has 0 spiro atoms. The summed E-state index contributed by atoms with van der Waals surface area (Å²) in [6.45, 7) is 3.62. The number of hydrogen-bond acceptors (Lipinski definition) is 4. The first kappa shape index (κ1) is 28.4. The van der Waals surface area contributed by atoms with E-state index in [1.165, 1.54) is 4.90 Å². The van der Waals surface area contributed by atoms with Gasteiger partial charge in [0, 0.05) is 27.6 Å². The van der Waals surface area contributed by atoms with Gasteiger partial charge in [0.25, 0.3) is 0 Å². The number of unbranched alkanes of at least 4 members (excludes halogenated alkanes) is 1. The summed E-state index contributed by atoms with van der Waals surface area (Å²) in [5.74, 6) is -0.880. The Hall–Kier alpha value is -1.81. The number of nitrogens with one attached hydrogen (secondary N) is 1. The molecule has 0 aliphatic rings. The molecule has 0 bridgehead atoms. The fraction of sp³-hybridized carbons (Fsp3) is 0.391. The van der Waals surface area contributed by atoms with E-state index in [1.807, 2.05) is 6.92 Å². The fourth-order valence-corrected chi connectivity index (χ4v) is 4.89. The Morgan fingerprint density at radius 1 is 1.15 bits per heavy atom. The third kappa shape index (κ3) is 8.15. The van der Waals surface area contributed by atoms with Crippen LogP contribution in [0.25, 0.3) is 0 Å². The lowest BCUT2D eigenvalue weighted by atomic mass is 10.1. The monoisotopic (exact) mass is 591 g/mol. The fourth-order valence-electron chi connectivity index (χ4n) is 3.20. The van der Waals surface area contributed by atoms with Crippen molar-refractivity contribution in [1.29, 1.82) is 0 Å². The van der Waals surface area contributed by atoms with E-state index in [2.05, 4.69) is 21.2 Å². The lowest BCUT2D eigenvalue weighted by Crippen LogP contribution is -2.51. The summed E-state index contributed by atoms with van der Waals surface area (Å²) in [5, 5.41) is 3.61. The van der Waals surface area contributed by atoms with Crippen molar-refractivity contribution in [3.63, 3.8) is 0 Å². The van der Waals surface area contributed by atoms with Crippen molar-refractivity contribution < 1.29 is 18.0 Å². The Morgan fingerprint density at radius 2 is 1.85 bits per heavy atom. The first-order chi connectivity index (χ1) is 15.9. The van der Waals surface area contributed by atoms with Gasteiger partial charge in [-0.2, -0.15) is 0 Å². The second-order valence-corrected chi connectivity index (χ2v) is 11.5. The molecule has 1 N–H and O–H groups in total. The van der Waals surface area contributed by atoms with Gasteiger partial charge in [0.1, 0.15) is 12.6 Å². The predicted octanol–water partition coefficient (Wildman–Crippen LogP) is 4.86. The number of carbonyl (C=O) groups excluding carboxylic acids is 2. The molecule has 2 amide bonds. The van der Waals surface area contributed by atoms with Gasteiger partial charge in [0.15, 0.2) is 0 Å². The van der Waals surface area contributed by atoms with Crippen molar-refractivity contribution >= 4 is 66.7 Å². The average Bonchev–Trinajstić information content (AvgIpc) is 2.75. The van der Waals surface area contributed by atoms with Gasteiger partial charge in [0.2, 0.25) is 21.8 Å². The zero-order valence-corrected chi connectivity index (χ0v) is 23.1.